The first kappa shape index (κ1) is 28.4. The van der Waals surface area contributed by atoms with Crippen molar-refractivity contribution in [1.82, 2.24) is 14.9 Å². The number of carbonyl (C=O) groups is 2. The number of aromatic hydroxyl groups is 1. The van der Waals surface area contributed by atoms with E-state index < -0.39 is 23.6 Å². The molecule has 0 aliphatic carbocycles. The van der Waals surface area contributed by atoms with E-state index in [1.165, 1.54) is 13.0 Å². The first-order valence-electron chi connectivity index (χ1n) is 13.2. The summed E-state index contributed by atoms with van der Waals surface area (Å²) in [4.78, 5) is 36.2. The Labute approximate surface area is 241 Å². The molecule has 0 saturated carbocycles. The topological polar surface area (TPSA) is 105 Å². The number of benzene rings is 3. The summed E-state index contributed by atoms with van der Waals surface area (Å²) >= 11 is 6.74. The van der Waals surface area contributed by atoms with Crippen molar-refractivity contribution in [2.75, 3.05) is 31.1 Å². The van der Waals surface area contributed by atoms with Crippen LogP contribution in [0.4, 0.5) is 15.0 Å². The Balaban J connectivity index is 1.61. The van der Waals surface area contributed by atoms with Crippen molar-refractivity contribution in [3.63, 3.8) is 0 Å². The zero-order valence-electron chi connectivity index (χ0n) is 23.1. The Bertz CT molecular complexity index is 1650. The van der Waals surface area contributed by atoms with Gasteiger partial charge in [-0.05, 0) is 62.2 Å². The van der Waals surface area contributed by atoms with Gasteiger partial charge in [-0.2, -0.15) is 9.97 Å². The third kappa shape index (κ3) is 5.83. The van der Waals surface area contributed by atoms with Crippen LogP contribution in [-0.4, -0.2) is 70.2 Å². The van der Waals surface area contributed by atoms with Gasteiger partial charge in [0.25, 0.3) is 0 Å². The van der Waals surface area contributed by atoms with Crippen LogP contribution in [0.15, 0.2) is 42.5 Å². The van der Waals surface area contributed by atoms with Crippen LogP contribution in [0.25, 0.3) is 32.8 Å². The van der Waals surface area contributed by atoms with Crippen molar-refractivity contribution in [3.05, 3.63) is 53.3 Å². The van der Waals surface area contributed by atoms with E-state index in [2.05, 4.69) is 9.97 Å². The number of halogens is 2. The average Bonchev–Trinajstić information content (AvgIpc) is 2.92. The molecule has 214 valence electrons. The minimum absolute atomic E-state index is 0.0377. The monoisotopic (exact) mass is 580 g/mol. The van der Waals surface area contributed by atoms with Gasteiger partial charge in [0.05, 0.1) is 5.02 Å². The van der Waals surface area contributed by atoms with Gasteiger partial charge in [-0.15, -0.1) is 0 Å². The smallest absolute Gasteiger partial charge is 0.410 e. The molecule has 1 aliphatic heterocycles. The van der Waals surface area contributed by atoms with Gasteiger partial charge in [-0.1, -0.05) is 35.9 Å². The van der Waals surface area contributed by atoms with E-state index >= 15 is 4.39 Å². The third-order valence-corrected chi connectivity index (χ3v) is 6.97. The van der Waals surface area contributed by atoms with E-state index in [9.17, 15) is 14.7 Å². The van der Waals surface area contributed by atoms with Crippen LogP contribution >= 0.6 is 11.6 Å². The van der Waals surface area contributed by atoms with E-state index in [4.69, 9.17) is 21.1 Å². The molecule has 1 N–H and O–H groups in total. The summed E-state index contributed by atoms with van der Waals surface area (Å²) in [7, 11) is 0. The molecule has 0 bridgehead atoms. The molecule has 11 heteroatoms. The second kappa shape index (κ2) is 11.0. The highest BCUT2D eigenvalue weighted by Crippen LogP contribution is 2.42. The van der Waals surface area contributed by atoms with Crippen LogP contribution in [0.3, 0.4) is 0 Å². The van der Waals surface area contributed by atoms with Crippen molar-refractivity contribution >= 4 is 51.5 Å². The molecule has 1 fully saturated rings. The van der Waals surface area contributed by atoms with Gasteiger partial charge in [0.1, 0.15) is 22.7 Å². The number of amides is 1. The molecule has 5 rings (SSSR count). The molecule has 4 aromatic rings. The largest absolute Gasteiger partial charge is 0.508 e. The lowest BCUT2D eigenvalue weighted by Gasteiger charge is -2.36. The molecule has 1 saturated heterocycles. The standard InChI is InChI=1S/C30H30ClFN4O5/c1-17(16-37)40-28-33-26-22(27(34-28)35-9-11-36(12-10-35)29(39)41-30(2,3)4)15-23(31)24(25(26)32)21-14-19(38)13-18-7-5-6-8-20(18)21/h5-8,13-17,38H,9-12H2,1-4H3/t17-/m1/s1. The van der Waals surface area contributed by atoms with Gasteiger partial charge < -0.3 is 24.4 Å². The number of aldehydes is 1. The van der Waals surface area contributed by atoms with Crippen molar-refractivity contribution in [1.29, 1.82) is 0 Å². The molecule has 3 aromatic carbocycles. The lowest BCUT2D eigenvalue weighted by Crippen LogP contribution is -2.50. The number of fused-ring (bicyclic) bond motifs is 2. The molecule has 2 heterocycles. The summed E-state index contributed by atoms with van der Waals surface area (Å²) in [5, 5.41) is 12.3. The summed E-state index contributed by atoms with van der Waals surface area (Å²) in [6.07, 6.45) is -0.685. The molecule has 1 atom stereocenters. The molecule has 0 unspecified atom stereocenters. The van der Waals surface area contributed by atoms with Gasteiger partial charge in [-0.25, -0.2) is 9.18 Å². The fourth-order valence-electron chi connectivity index (χ4n) is 4.82. The molecule has 1 aliphatic rings. The van der Waals surface area contributed by atoms with Gasteiger partial charge in [-0.3, -0.25) is 4.79 Å². The summed E-state index contributed by atoms with van der Waals surface area (Å²) < 4.78 is 27.6. The molecule has 1 aromatic heterocycles. The first-order chi connectivity index (χ1) is 19.4. The van der Waals surface area contributed by atoms with Crippen molar-refractivity contribution in [2.45, 2.75) is 39.4 Å². The Morgan fingerprint density at radius 3 is 2.49 bits per heavy atom. The normalized spacial score (nSPS) is 14.8. The summed E-state index contributed by atoms with van der Waals surface area (Å²) in [6, 6.07) is 11.8. The van der Waals surface area contributed by atoms with Crippen molar-refractivity contribution in [2.24, 2.45) is 0 Å². The maximum atomic E-state index is 16.5. The minimum atomic E-state index is -0.867. The first-order valence-corrected chi connectivity index (χ1v) is 13.6. The third-order valence-electron chi connectivity index (χ3n) is 6.67. The number of phenolic OH excluding ortho intramolecular Hbond substituents is 1. The van der Waals surface area contributed by atoms with Crippen LogP contribution in [-0.2, 0) is 9.53 Å². The maximum absolute atomic E-state index is 16.5. The van der Waals surface area contributed by atoms with E-state index in [1.807, 2.05) is 49.9 Å². The van der Waals surface area contributed by atoms with Crippen molar-refractivity contribution in [3.8, 4) is 22.9 Å². The number of carbonyl (C=O) groups excluding carboxylic acids is 2. The number of piperazine rings is 1. The number of rotatable bonds is 5. The summed E-state index contributed by atoms with van der Waals surface area (Å²) in [5.41, 5.74) is -0.199. The van der Waals surface area contributed by atoms with E-state index in [-0.39, 0.29) is 27.9 Å². The van der Waals surface area contributed by atoms with Crippen LogP contribution < -0.4 is 9.64 Å². The lowest BCUT2D eigenvalue weighted by molar-refractivity contribution is -0.113. The van der Waals surface area contributed by atoms with E-state index in [1.54, 1.807) is 17.0 Å². The number of hydrogen-bond donors (Lipinski definition) is 1. The lowest BCUT2D eigenvalue weighted by atomic mass is 9.96. The number of hydrogen-bond acceptors (Lipinski definition) is 8. The van der Waals surface area contributed by atoms with Gasteiger partial charge >= 0.3 is 12.1 Å². The second-order valence-corrected chi connectivity index (χ2v) is 11.3. The van der Waals surface area contributed by atoms with Crippen LogP contribution in [0, 0.1) is 5.82 Å². The van der Waals surface area contributed by atoms with E-state index in [0.717, 1.165) is 0 Å². The van der Waals surface area contributed by atoms with Gasteiger partial charge in [0.2, 0.25) is 0 Å². The molecule has 0 radical (unpaired) electrons. The Morgan fingerprint density at radius 2 is 1.80 bits per heavy atom. The number of aromatic nitrogens is 2. The molecule has 41 heavy (non-hydrogen) atoms. The molecule has 1 amide bonds. The minimum Gasteiger partial charge on any atom is -0.508 e. The molecule has 9 nitrogen and oxygen atoms in total. The number of anilines is 1. The van der Waals surface area contributed by atoms with Crippen LogP contribution in [0.5, 0.6) is 11.8 Å². The highest BCUT2D eigenvalue weighted by atomic mass is 35.5. The zero-order chi connectivity index (χ0) is 29.5. The highest BCUT2D eigenvalue weighted by Gasteiger charge is 2.29. The van der Waals surface area contributed by atoms with Gasteiger partial charge in [0.15, 0.2) is 18.2 Å². The zero-order valence-corrected chi connectivity index (χ0v) is 23.9. The van der Waals surface area contributed by atoms with Crippen LogP contribution in [0.2, 0.25) is 5.02 Å². The summed E-state index contributed by atoms with van der Waals surface area (Å²) in [5.74, 6) is -0.396. The molecular weight excluding hydrogens is 551 g/mol. The molecule has 0 spiro atoms. The van der Waals surface area contributed by atoms with Gasteiger partial charge in [0, 0.05) is 37.1 Å². The maximum Gasteiger partial charge on any atom is 0.410 e. The SMILES string of the molecule is C[C@H](C=O)Oc1nc(N2CCN(C(=O)OC(C)(C)C)CC2)c2cc(Cl)c(-c3cc(O)cc4ccccc34)c(F)c2n1. The van der Waals surface area contributed by atoms with Crippen molar-refractivity contribution < 1.29 is 28.6 Å². The van der Waals surface area contributed by atoms with Crippen LogP contribution in [0.1, 0.15) is 27.7 Å². The quantitative estimate of drug-likeness (QED) is 0.288. The average molecular weight is 581 g/mol. The fraction of sp³-hybridized carbons (Fsp3) is 0.333. The highest BCUT2D eigenvalue weighted by molar-refractivity contribution is 6.35. The van der Waals surface area contributed by atoms with E-state index in [0.29, 0.717) is 60.0 Å². The molecular formula is C30H30ClFN4O5. The number of ether oxygens (including phenoxy) is 2. The Kier molecular flexibility index (Phi) is 7.61. The number of nitrogens with zero attached hydrogens (tertiary/aromatic N) is 4. The predicted octanol–water partition coefficient (Wildman–Crippen LogP) is 5.97. The fourth-order valence-corrected chi connectivity index (χ4v) is 5.12. The Hall–Kier alpha value is -4.18. The Morgan fingerprint density at radius 1 is 1.10 bits per heavy atom. The predicted molar refractivity (Wildman–Crippen MR) is 155 cm³/mol. The second-order valence-electron chi connectivity index (χ2n) is 10.9. The summed E-state index contributed by atoms with van der Waals surface area (Å²) in [6.45, 7) is 8.42. The number of phenols is 1.